The fourth-order valence-electron chi connectivity index (χ4n) is 4.21. The second kappa shape index (κ2) is 9.57. The highest BCUT2D eigenvalue weighted by molar-refractivity contribution is 6.30. The number of aryl methyl sites for hydroxylation is 2. The quantitative estimate of drug-likeness (QED) is 0.415. The van der Waals surface area contributed by atoms with Crippen LogP contribution in [0.15, 0.2) is 54.6 Å². The molecule has 3 heterocycles. The van der Waals surface area contributed by atoms with E-state index in [4.69, 9.17) is 16.3 Å². The number of aromatic nitrogens is 2. The first kappa shape index (κ1) is 23.2. The van der Waals surface area contributed by atoms with Crippen LogP contribution in [0.2, 0.25) is 5.02 Å². The summed E-state index contributed by atoms with van der Waals surface area (Å²) in [6, 6.07) is 16.6. The smallest absolute Gasteiger partial charge is 0.263 e. The minimum absolute atomic E-state index is 0.115. The average molecular weight is 496 g/mol. The summed E-state index contributed by atoms with van der Waals surface area (Å²) in [5.41, 5.74) is 5.95. The van der Waals surface area contributed by atoms with Crippen molar-refractivity contribution < 1.29 is 14.3 Å². The van der Waals surface area contributed by atoms with E-state index >= 15 is 0 Å². The van der Waals surface area contributed by atoms with Crippen LogP contribution < -0.4 is 31.1 Å². The first-order chi connectivity index (χ1) is 16.9. The Balaban J connectivity index is 1.30. The zero-order valence-corrected chi connectivity index (χ0v) is 20.0. The summed E-state index contributed by atoms with van der Waals surface area (Å²) in [5, 5.41) is 16.3. The van der Waals surface area contributed by atoms with E-state index in [0.717, 1.165) is 11.3 Å². The number of ether oxygens (including phenoxy) is 1. The zero-order valence-electron chi connectivity index (χ0n) is 19.3. The summed E-state index contributed by atoms with van der Waals surface area (Å²) >= 11 is 6.03. The lowest BCUT2D eigenvalue weighted by Gasteiger charge is -2.37. The van der Waals surface area contributed by atoms with Crippen LogP contribution in [-0.2, 0) is 9.59 Å². The van der Waals surface area contributed by atoms with Gasteiger partial charge in [-0.2, -0.15) is 5.10 Å². The van der Waals surface area contributed by atoms with Gasteiger partial charge < -0.3 is 15.4 Å². The van der Waals surface area contributed by atoms with Crippen LogP contribution in [0.1, 0.15) is 17.5 Å². The molecule has 5 rings (SSSR count). The SMILES string of the molecule is Cc1ccc(OCC(=O)Nc2cc(C)nn2C2NC(=O)C3CNN(c4ccc(Cl)cc4)C3N2)cc1. The fraction of sp³-hybridized carbons (Fsp3) is 0.292. The van der Waals surface area contributed by atoms with E-state index in [1.54, 1.807) is 22.9 Å². The Morgan fingerprint density at radius 2 is 1.91 bits per heavy atom. The van der Waals surface area contributed by atoms with Gasteiger partial charge in [0.1, 0.15) is 17.7 Å². The molecule has 0 bridgehead atoms. The Labute approximate surface area is 207 Å². The third-order valence-corrected chi connectivity index (χ3v) is 6.20. The molecule has 2 aliphatic rings. The van der Waals surface area contributed by atoms with Crippen LogP contribution in [0, 0.1) is 19.8 Å². The molecule has 0 aliphatic carbocycles. The van der Waals surface area contributed by atoms with Gasteiger partial charge in [0.25, 0.3) is 5.91 Å². The molecule has 0 radical (unpaired) electrons. The summed E-state index contributed by atoms with van der Waals surface area (Å²) in [6.45, 7) is 4.13. The second-order valence-corrected chi connectivity index (χ2v) is 9.04. The van der Waals surface area contributed by atoms with E-state index in [-0.39, 0.29) is 30.5 Å². The molecule has 2 aromatic carbocycles. The molecule has 182 valence electrons. The predicted molar refractivity (Wildman–Crippen MR) is 132 cm³/mol. The number of benzene rings is 2. The van der Waals surface area contributed by atoms with Gasteiger partial charge in [-0.05, 0) is 50.2 Å². The number of anilines is 2. The van der Waals surface area contributed by atoms with Crippen molar-refractivity contribution in [2.75, 3.05) is 23.5 Å². The van der Waals surface area contributed by atoms with Crippen molar-refractivity contribution in [3.05, 3.63) is 70.9 Å². The molecular weight excluding hydrogens is 470 g/mol. The fourth-order valence-corrected chi connectivity index (χ4v) is 4.34. The largest absolute Gasteiger partial charge is 0.484 e. The van der Waals surface area contributed by atoms with E-state index < -0.39 is 6.29 Å². The highest BCUT2D eigenvalue weighted by atomic mass is 35.5. The number of rotatable bonds is 6. The third-order valence-electron chi connectivity index (χ3n) is 5.95. The van der Waals surface area contributed by atoms with E-state index in [1.807, 2.05) is 55.3 Å². The number of hydrogen-bond donors (Lipinski definition) is 4. The molecule has 35 heavy (non-hydrogen) atoms. The van der Waals surface area contributed by atoms with Gasteiger partial charge in [-0.3, -0.25) is 19.9 Å². The maximum atomic E-state index is 12.9. The first-order valence-electron chi connectivity index (χ1n) is 11.3. The van der Waals surface area contributed by atoms with Gasteiger partial charge in [0.2, 0.25) is 5.91 Å². The number of halogens is 1. The van der Waals surface area contributed by atoms with Crippen molar-refractivity contribution in [2.24, 2.45) is 5.92 Å². The number of nitrogens with one attached hydrogen (secondary N) is 4. The van der Waals surface area contributed by atoms with E-state index in [1.165, 1.54) is 0 Å². The van der Waals surface area contributed by atoms with E-state index in [9.17, 15) is 9.59 Å². The van der Waals surface area contributed by atoms with Crippen LogP contribution in [0.3, 0.4) is 0 Å². The van der Waals surface area contributed by atoms with Crippen molar-refractivity contribution >= 4 is 34.9 Å². The topological polar surface area (TPSA) is 113 Å². The van der Waals surface area contributed by atoms with Crippen molar-refractivity contribution in [3.8, 4) is 5.75 Å². The van der Waals surface area contributed by atoms with Crippen LogP contribution >= 0.6 is 11.6 Å². The molecule has 2 fully saturated rings. The standard InChI is InChI=1S/C24H26ClN7O3/c1-14-3-9-18(10-4-14)35-13-21(33)27-20-11-15(2)30-32(20)24-28-22-19(23(34)29-24)12-26-31(22)17-7-5-16(25)6-8-17/h3-11,19,22,24,26,28H,12-13H2,1-2H3,(H,27,33)(H,29,34). The monoisotopic (exact) mass is 495 g/mol. The lowest BCUT2D eigenvalue weighted by molar-refractivity contribution is -0.129. The number of hydrogen-bond acceptors (Lipinski definition) is 7. The van der Waals surface area contributed by atoms with Gasteiger partial charge in [0.15, 0.2) is 12.9 Å². The maximum Gasteiger partial charge on any atom is 0.263 e. The normalized spacial score (nSPS) is 21.4. The number of amides is 2. The second-order valence-electron chi connectivity index (χ2n) is 8.60. The highest BCUT2D eigenvalue weighted by Gasteiger charge is 2.45. The highest BCUT2D eigenvalue weighted by Crippen LogP contribution is 2.28. The average Bonchev–Trinajstić information content (AvgIpc) is 3.43. The lowest BCUT2D eigenvalue weighted by Crippen LogP contribution is -2.61. The summed E-state index contributed by atoms with van der Waals surface area (Å²) < 4.78 is 7.14. The molecule has 3 aromatic rings. The summed E-state index contributed by atoms with van der Waals surface area (Å²) in [5.74, 6) is 0.298. The molecule has 1 aromatic heterocycles. The molecule has 4 N–H and O–H groups in total. The Morgan fingerprint density at radius 3 is 2.66 bits per heavy atom. The Kier molecular flexibility index (Phi) is 6.33. The van der Waals surface area contributed by atoms with Crippen molar-refractivity contribution in [2.45, 2.75) is 26.3 Å². The summed E-state index contributed by atoms with van der Waals surface area (Å²) in [7, 11) is 0. The van der Waals surface area contributed by atoms with Crippen molar-refractivity contribution in [1.82, 2.24) is 25.8 Å². The molecule has 2 amide bonds. The zero-order chi connectivity index (χ0) is 24.5. The molecule has 11 heteroatoms. The van der Waals surface area contributed by atoms with Crippen LogP contribution in [0.5, 0.6) is 5.75 Å². The Morgan fingerprint density at radius 1 is 1.17 bits per heavy atom. The molecule has 3 atom stereocenters. The Hall–Kier alpha value is -3.60. The molecule has 2 saturated heterocycles. The molecule has 0 saturated carbocycles. The minimum atomic E-state index is -0.666. The maximum absolute atomic E-state index is 12.9. The third kappa shape index (κ3) is 4.95. The van der Waals surface area contributed by atoms with Crippen LogP contribution in [-0.4, -0.2) is 40.9 Å². The van der Waals surface area contributed by atoms with Gasteiger partial charge in [-0.25, -0.2) is 10.1 Å². The number of carbonyl (C=O) groups excluding carboxylic acids is 2. The number of carbonyl (C=O) groups is 2. The molecule has 0 spiro atoms. The van der Waals surface area contributed by atoms with Gasteiger partial charge in [0.05, 0.1) is 17.3 Å². The number of fused-ring (bicyclic) bond motifs is 1. The van der Waals surface area contributed by atoms with E-state index in [2.05, 4.69) is 26.5 Å². The van der Waals surface area contributed by atoms with Gasteiger partial charge >= 0.3 is 0 Å². The Bertz CT molecular complexity index is 1230. The number of hydrazine groups is 1. The molecule has 2 aliphatic heterocycles. The van der Waals surface area contributed by atoms with Crippen molar-refractivity contribution in [1.29, 1.82) is 0 Å². The molecule has 10 nitrogen and oxygen atoms in total. The van der Waals surface area contributed by atoms with E-state index in [0.29, 0.717) is 28.8 Å². The summed E-state index contributed by atoms with van der Waals surface area (Å²) in [6.07, 6.45) is -0.992. The predicted octanol–water partition coefficient (Wildman–Crippen LogP) is 2.31. The van der Waals surface area contributed by atoms with Crippen LogP contribution in [0.25, 0.3) is 0 Å². The summed E-state index contributed by atoms with van der Waals surface area (Å²) in [4.78, 5) is 25.5. The lowest BCUT2D eigenvalue weighted by atomic mass is 10.0. The van der Waals surface area contributed by atoms with Crippen molar-refractivity contribution in [3.63, 3.8) is 0 Å². The van der Waals surface area contributed by atoms with Crippen LogP contribution in [0.4, 0.5) is 11.5 Å². The first-order valence-corrected chi connectivity index (χ1v) is 11.7. The minimum Gasteiger partial charge on any atom is -0.484 e. The van der Waals surface area contributed by atoms with Gasteiger partial charge in [0, 0.05) is 17.6 Å². The van der Waals surface area contributed by atoms with Gasteiger partial charge in [-0.15, -0.1) is 0 Å². The molecule has 3 unspecified atom stereocenters. The number of nitrogens with zero attached hydrogens (tertiary/aromatic N) is 3. The van der Waals surface area contributed by atoms with Gasteiger partial charge in [-0.1, -0.05) is 29.3 Å². The molecular formula is C24H26ClN7O3.